The van der Waals surface area contributed by atoms with Gasteiger partial charge in [-0.3, -0.25) is 0 Å². The van der Waals surface area contributed by atoms with Crippen LogP contribution in [0.4, 0.5) is 0 Å². The summed E-state index contributed by atoms with van der Waals surface area (Å²) in [5.41, 5.74) is 1.03. The summed E-state index contributed by atoms with van der Waals surface area (Å²) in [5.74, 6) is 0. The van der Waals surface area contributed by atoms with Crippen LogP contribution in [0, 0.1) is 11.3 Å². The summed E-state index contributed by atoms with van der Waals surface area (Å²) in [6.45, 7) is 0.773. The Morgan fingerprint density at radius 2 is 2.10 bits per heavy atom. The molecule has 5 nitrogen and oxygen atoms in total. The van der Waals surface area contributed by atoms with E-state index in [1.165, 1.54) is 11.4 Å². The molecular weight excluding hydrogens is 274 g/mol. The topological polar surface area (TPSA) is 64.4 Å². The van der Waals surface area contributed by atoms with Crippen LogP contribution in [-0.2, 0) is 10.2 Å². The molecule has 1 atom stereocenters. The molecule has 0 amide bonds. The van der Waals surface area contributed by atoms with E-state index in [0.717, 1.165) is 18.4 Å². The van der Waals surface area contributed by atoms with Gasteiger partial charge < -0.3 is 0 Å². The highest BCUT2D eigenvalue weighted by atomic mass is 32.2. The molecule has 2 rings (SSSR count). The molecule has 20 heavy (non-hydrogen) atoms. The summed E-state index contributed by atoms with van der Waals surface area (Å²) in [7, 11) is -1.96. The van der Waals surface area contributed by atoms with E-state index in [-0.39, 0.29) is 19.0 Å². The molecule has 108 valence electrons. The Balaban J connectivity index is 2.20. The van der Waals surface area contributed by atoms with Crippen molar-refractivity contribution in [1.82, 2.24) is 8.61 Å². The minimum absolute atomic E-state index is 0.0919. The quantitative estimate of drug-likeness (QED) is 0.833. The van der Waals surface area contributed by atoms with Crippen LogP contribution in [-0.4, -0.2) is 37.2 Å². The van der Waals surface area contributed by atoms with E-state index in [0.29, 0.717) is 6.54 Å². The van der Waals surface area contributed by atoms with Crippen LogP contribution in [0.5, 0.6) is 0 Å². The van der Waals surface area contributed by atoms with Crippen molar-refractivity contribution in [2.75, 3.05) is 20.1 Å². The molecule has 0 spiro atoms. The van der Waals surface area contributed by atoms with Gasteiger partial charge >= 0.3 is 0 Å². The van der Waals surface area contributed by atoms with Crippen molar-refractivity contribution in [2.24, 2.45) is 0 Å². The van der Waals surface area contributed by atoms with E-state index >= 15 is 0 Å². The fourth-order valence-corrected chi connectivity index (χ4v) is 4.12. The fourth-order valence-electron chi connectivity index (χ4n) is 2.53. The third-order valence-corrected chi connectivity index (χ3v) is 5.62. The molecule has 0 aliphatic carbocycles. The highest BCUT2D eigenvalue weighted by molar-refractivity contribution is 7.86. The average Bonchev–Trinajstić information content (AvgIpc) is 2.95. The largest absolute Gasteiger partial charge is 0.282 e. The first-order valence-corrected chi connectivity index (χ1v) is 8.12. The number of hydrogen-bond donors (Lipinski definition) is 0. The first-order chi connectivity index (χ1) is 9.57. The maximum Gasteiger partial charge on any atom is 0.282 e. The van der Waals surface area contributed by atoms with Crippen molar-refractivity contribution in [2.45, 2.75) is 25.3 Å². The summed E-state index contributed by atoms with van der Waals surface area (Å²) < 4.78 is 28.0. The van der Waals surface area contributed by atoms with E-state index in [1.807, 2.05) is 36.4 Å². The molecule has 0 radical (unpaired) electrons. The highest BCUT2D eigenvalue weighted by Crippen LogP contribution is 2.34. The normalized spacial score (nSPS) is 20.1. The molecule has 1 aromatic rings. The van der Waals surface area contributed by atoms with Gasteiger partial charge in [-0.1, -0.05) is 30.3 Å². The predicted octanol–water partition coefficient (Wildman–Crippen LogP) is 1.91. The molecule has 6 heteroatoms. The molecule has 0 N–H and O–H groups in total. The van der Waals surface area contributed by atoms with Gasteiger partial charge in [0.25, 0.3) is 10.2 Å². The van der Waals surface area contributed by atoms with Crippen LogP contribution >= 0.6 is 0 Å². The van der Waals surface area contributed by atoms with Crippen molar-refractivity contribution in [3.05, 3.63) is 35.9 Å². The summed E-state index contributed by atoms with van der Waals surface area (Å²) in [5, 5.41) is 8.59. The number of rotatable bonds is 5. The van der Waals surface area contributed by atoms with Crippen LogP contribution in [0.1, 0.15) is 30.9 Å². The van der Waals surface area contributed by atoms with E-state index < -0.39 is 10.2 Å². The first kappa shape index (κ1) is 15.0. The predicted molar refractivity (Wildman–Crippen MR) is 76.9 cm³/mol. The molecule has 1 saturated heterocycles. The van der Waals surface area contributed by atoms with Crippen LogP contribution in [0.25, 0.3) is 0 Å². The Labute approximate surface area is 120 Å². The number of hydrogen-bond acceptors (Lipinski definition) is 3. The Kier molecular flexibility index (Phi) is 4.76. The average molecular weight is 293 g/mol. The Morgan fingerprint density at radius 1 is 1.40 bits per heavy atom. The number of nitriles is 1. The molecule has 1 unspecified atom stereocenters. The van der Waals surface area contributed by atoms with Gasteiger partial charge in [-0.25, -0.2) is 0 Å². The lowest BCUT2D eigenvalue weighted by atomic mass is 10.1. The van der Waals surface area contributed by atoms with Crippen LogP contribution in [0.2, 0.25) is 0 Å². The lowest BCUT2D eigenvalue weighted by molar-refractivity contribution is 0.349. The molecule has 1 aliphatic heterocycles. The third kappa shape index (κ3) is 3.01. The third-order valence-electron chi connectivity index (χ3n) is 3.62. The first-order valence-electron chi connectivity index (χ1n) is 6.72. The molecule has 0 bridgehead atoms. The minimum Gasteiger partial charge on any atom is -0.198 e. The van der Waals surface area contributed by atoms with Crippen molar-refractivity contribution >= 4 is 10.2 Å². The SMILES string of the molecule is CN(CCC#N)S(=O)(=O)N1CCCC1c1ccccc1. The number of nitrogens with zero attached hydrogens (tertiary/aromatic N) is 3. The molecule has 1 heterocycles. The molecule has 1 aromatic carbocycles. The van der Waals surface area contributed by atoms with Gasteiger partial charge in [-0.15, -0.1) is 0 Å². The Bertz CT molecular complexity index is 580. The zero-order chi connectivity index (χ0) is 14.6. The Hall–Kier alpha value is -1.42. The van der Waals surface area contributed by atoms with Gasteiger partial charge in [0.2, 0.25) is 0 Å². The van der Waals surface area contributed by atoms with Crippen LogP contribution < -0.4 is 0 Å². The van der Waals surface area contributed by atoms with E-state index in [9.17, 15) is 8.42 Å². The second-order valence-electron chi connectivity index (χ2n) is 4.92. The maximum atomic E-state index is 12.6. The molecule has 0 aromatic heterocycles. The standard InChI is InChI=1S/C14H19N3O2S/c1-16(11-6-10-15)20(18,19)17-12-5-9-14(17)13-7-3-2-4-8-13/h2-4,7-8,14H,5-6,9,11-12H2,1H3. The fraction of sp³-hybridized carbons (Fsp3) is 0.500. The zero-order valence-corrected chi connectivity index (χ0v) is 12.4. The van der Waals surface area contributed by atoms with E-state index in [1.54, 1.807) is 4.31 Å². The number of benzene rings is 1. The highest BCUT2D eigenvalue weighted by Gasteiger charge is 2.37. The molecular formula is C14H19N3O2S. The van der Waals surface area contributed by atoms with Gasteiger partial charge in [0, 0.05) is 26.6 Å². The molecule has 0 saturated carbocycles. The Morgan fingerprint density at radius 3 is 2.75 bits per heavy atom. The van der Waals surface area contributed by atoms with Gasteiger partial charge in [-0.05, 0) is 18.4 Å². The van der Waals surface area contributed by atoms with Gasteiger partial charge in [0.1, 0.15) is 0 Å². The second-order valence-corrected chi connectivity index (χ2v) is 6.90. The maximum absolute atomic E-state index is 12.6. The van der Waals surface area contributed by atoms with Gasteiger partial charge in [0.15, 0.2) is 0 Å². The van der Waals surface area contributed by atoms with E-state index in [2.05, 4.69) is 0 Å². The van der Waals surface area contributed by atoms with Crippen molar-refractivity contribution in [3.8, 4) is 6.07 Å². The summed E-state index contributed by atoms with van der Waals surface area (Å²) >= 11 is 0. The van der Waals surface area contributed by atoms with Crippen molar-refractivity contribution in [1.29, 1.82) is 5.26 Å². The molecule has 1 aliphatic rings. The lowest BCUT2D eigenvalue weighted by Gasteiger charge is -2.28. The second kappa shape index (κ2) is 6.35. The van der Waals surface area contributed by atoms with Crippen LogP contribution in [0.15, 0.2) is 30.3 Å². The summed E-state index contributed by atoms with van der Waals surface area (Å²) in [6.07, 6.45) is 1.92. The molecule has 1 fully saturated rings. The summed E-state index contributed by atoms with van der Waals surface area (Å²) in [6, 6.07) is 11.6. The van der Waals surface area contributed by atoms with E-state index in [4.69, 9.17) is 5.26 Å². The monoisotopic (exact) mass is 293 g/mol. The van der Waals surface area contributed by atoms with Crippen molar-refractivity contribution in [3.63, 3.8) is 0 Å². The lowest BCUT2D eigenvalue weighted by Crippen LogP contribution is -2.41. The summed E-state index contributed by atoms with van der Waals surface area (Å²) in [4.78, 5) is 0. The van der Waals surface area contributed by atoms with Gasteiger partial charge in [0.05, 0.1) is 12.1 Å². The van der Waals surface area contributed by atoms with Gasteiger partial charge in [-0.2, -0.15) is 22.3 Å². The zero-order valence-electron chi connectivity index (χ0n) is 11.6. The van der Waals surface area contributed by atoms with Crippen molar-refractivity contribution < 1.29 is 8.42 Å². The minimum atomic E-state index is -3.49. The van der Waals surface area contributed by atoms with Crippen LogP contribution in [0.3, 0.4) is 0 Å². The smallest absolute Gasteiger partial charge is 0.198 e.